The number of carbonyl (C=O) groups excluding carboxylic acids is 2. The van der Waals surface area contributed by atoms with E-state index in [0.717, 1.165) is 60.5 Å². The van der Waals surface area contributed by atoms with Crippen molar-refractivity contribution >= 4 is 18.0 Å². The first-order valence-corrected chi connectivity index (χ1v) is 15.2. The summed E-state index contributed by atoms with van der Waals surface area (Å²) in [5.41, 5.74) is -2.50. The number of aliphatic hydroxyl groups is 1. The first-order chi connectivity index (χ1) is 20.2. The highest BCUT2D eigenvalue weighted by Crippen LogP contribution is 2.67. The van der Waals surface area contributed by atoms with Crippen molar-refractivity contribution in [3.63, 3.8) is 0 Å². The molecular weight excluding hydrogens is 561 g/mol. The molecule has 1 spiro atoms. The van der Waals surface area contributed by atoms with Gasteiger partial charge in [-0.15, -0.1) is 0 Å². The van der Waals surface area contributed by atoms with Gasteiger partial charge in [0, 0.05) is 48.7 Å². The first kappa shape index (κ1) is 30.1. The molecule has 232 valence electrons. The van der Waals surface area contributed by atoms with E-state index in [1.165, 1.54) is 25.1 Å². The fraction of sp³-hybridized carbons (Fsp3) is 0.576. The van der Waals surface area contributed by atoms with E-state index in [0.29, 0.717) is 12.3 Å². The minimum Gasteiger partial charge on any atom is -0.427 e. The number of rotatable bonds is 6. The number of hydrogen-bond acceptors (Lipinski definition) is 5. The number of allylic oxidation sites excluding steroid dienone is 1. The summed E-state index contributed by atoms with van der Waals surface area (Å²) in [7, 11) is 2.30. The minimum atomic E-state index is -4.99. The second-order valence-corrected chi connectivity index (χ2v) is 13.6. The molecule has 3 fully saturated rings. The van der Waals surface area contributed by atoms with Gasteiger partial charge in [0.25, 0.3) is 5.91 Å². The van der Waals surface area contributed by atoms with E-state index in [4.69, 9.17) is 9.47 Å². The number of quaternary nitrogens is 1. The summed E-state index contributed by atoms with van der Waals surface area (Å²) >= 11 is 0. The van der Waals surface area contributed by atoms with Crippen LogP contribution in [-0.2, 0) is 19.1 Å². The maximum absolute atomic E-state index is 14.2. The van der Waals surface area contributed by atoms with Gasteiger partial charge in [0.15, 0.2) is 5.72 Å². The third-order valence-electron chi connectivity index (χ3n) is 10.4. The second-order valence-electron chi connectivity index (χ2n) is 13.6. The molecule has 2 saturated heterocycles. The van der Waals surface area contributed by atoms with Gasteiger partial charge in [-0.1, -0.05) is 50.6 Å². The smallest absolute Gasteiger partial charge is 0.421 e. The third kappa shape index (κ3) is 4.86. The molecule has 2 heterocycles. The molecule has 3 unspecified atom stereocenters. The predicted molar refractivity (Wildman–Crippen MR) is 153 cm³/mol. The van der Waals surface area contributed by atoms with Crippen LogP contribution in [0.1, 0.15) is 58.4 Å². The van der Waals surface area contributed by atoms with Crippen LogP contribution in [-0.4, -0.2) is 71.8 Å². The van der Waals surface area contributed by atoms with Crippen molar-refractivity contribution in [2.24, 2.45) is 17.3 Å². The summed E-state index contributed by atoms with van der Waals surface area (Å²) in [5.74, 6) is -1.30. The Bertz CT molecular complexity index is 1420. The molecule has 10 heteroatoms. The highest BCUT2D eigenvalue weighted by molar-refractivity contribution is 5.99. The summed E-state index contributed by atoms with van der Waals surface area (Å²) in [5, 5.41) is 14.4. The molecule has 0 aromatic heterocycles. The molecule has 2 aliphatic heterocycles. The Morgan fingerprint density at radius 3 is 2.60 bits per heavy atom. The zero-order valence-electron chi connectivity index (χ0n) is 25.0. The number of ether oxygens (including phenoxy) is 2. The van der Waals surface area contributed by atoms with Gasteiger partial charge in [-0.05, 0) is 30.1 Å². The Labute approximate surface area is 250 Å². The number of esters is 1. The van der Waals surface area contributed by atoms with Crippen LogP contribution < -0.4 is 5.32 Å². The molecule has 1 amide bonds. The molecule has 6 rings (SSSR count). The zero-order valence-corrected chi connectivity index (χ0v) is 25.0. The van der Waals surface area contributed by atoms with Crippen molar-refractivity contribution in [3.8, 4) is 0 Å². The van der Waals surface area contributed by atoms with Gasteiger partial charge in [-0.3, -0.25) is 9.59 Å². The Morgan fingerprint density at radius 2 is 1.95 bits per heavy atom. The van der Waals surface area contributed by atoms with E-state index < -0.39 is 40.9 Å². The maximum atomic E-state index is 14.2. The summed E-state index contributed by atoms with van der Waals surface area (Å²) in [6.07, 6.45) is -0.342. The van der Waals surface area contributed by atoms with Crippen molar-refractivity contribution in [1.82, 2.24) is 5.32 Å². The fourth-order valence-electron chi connectivity index (χ4n) is 9.06. The van der Waals surface area contributed by atoms with Crippen LogP contribution >= 0.6 is 0 Å². The van der Waals surface area contributed by atoms with Crippen LogP contribution in [0.25, 0.3) is 6.08 Å². The third-order valence-corrected chi connectivity index (χ3v) is 10.4. The lowest BCUT2D eigenvalue weighted by Crippen LogP contribution is -2.69. The van der Waals surface area contributed by atoms with Crippen molar-refractivity contribution in [2.75, 3.05) is 20.1 Å². The Hall–Kier alpha value is -2.95. The lowest BCUT2D eigenvalue weighted by Gasteiger charge is -2.62. The van der Waals surface area contributed by atoms with Gasteiger partial charge in [0.1, 0.15) is 17.4 Å². The number of benzene rings is 1. The monoisotopic (exact) mass is 601 g/mol. The summed E-state index contributed by atoms with van der Waals surface area (Å²) in [6.45, 7) is 7.58. The lowest BCUT2D eigenvalue weighted by atomic mass is 9.49. The fourth-order valence-corrected chi connectivity index (χ4v) is 9.06. The SMILES string of the molecule is CC(=O)OC1=CC(O)(NC(=O)C(=Cc2ccccc2)C(F)(F)F)C2O[C@H]3CCC[C@H]4[C@H]5CC1=C2[C@@]34CC[N+]5(C)CC(C)C. The first-order valence-electron chi connectivity index (χ1n) is 15.2. The zero-order chi connectivity index (χ0) is 30.9. The van der Waals surface area contributed by atoms with E-state index in [1.807, 2.05) is 0 Å². The number of piperidine rings is 1. The topological polar surface area (TPSA) is 84.9 Å². The number of carbonyl (C=O) groups is 2. The molecule has 7 nitrogen and oxygen atoms in total. The van der Waals surface area contributed by atoms with Crippen molar-refractivity contribution in [3.05, 3.63) is 64.4 Å². The average molecular weight is 602 g/mol. The molecule has 3 aliphatic carbocycles. The number of halogens is 3. The number of amides is 1. The van der Waals surface area contributed by atoms with Gasteiger partial charge >= 0.3 is 12.1 Å². The quantitative estimate of drug-likeness (QED) is 0.207. The van der Waals surface area contributed by atoms with Crippen LogP contribution in [0, 0.1) is 17.3 Å². The Morgan fingerprint density at radius 1 is 1.23 bits per heavy atom. The Kier molecular flexibility index (Phi) is 7.22. The standard InChI is InChI=1S/C33H39F3N2O5/c1-19(2)18-38(4)14-13-31-23-11-8-12-27(31)43-29-28(31)22(16-25(23)38)26(42-20(3)39)17-32(29,41)37-30(40)24(33(34,35)36)15-21-9-6-5-7-10-21/h5-7,9-10,15,17,19,23,25,27,29,41H,8,11-14,16,18H2,1-4H3/p+1/t23-,25+,27-,29?,31+,32?,38?/m0/s1. The van der Waals surface area contributed by atoms with Crippen LogP contribution in [0.4, 0.5) is 13.2 Å². The molecule has 43 heavy (non-hydrogen) atoms. The normalized spacial score (nSPS) is 36.7. The molecule has 7 atom stereocenters. The van der Waals surface area contributed by atoms with E-state index in [1.54, 1.807) is 18.2 Å². The van der Waals surface area contributed by atoms with Crippen LogP contribution in [0.3, 0.4) is 0 Å². The van der Waals surface area contributed by atoms with E-state index in [2.05, 4.69) is 26.2 Å². The predicted octanol–water partition coefficient (Wildman–Crippen LogP) is 5.03. The molecule has 1 aromatic rings. The van der Waals surface area contributed by atoms with Gasteiger partial charge in [-0.2, -0.15) is 13.2 Å². The largest absolute Gasteiger partial charge is 0.427 e. The molecule has 1 aromatic carbocycles. The molecule has 5 aliphatic rings. The molecule has 2 N–H and O–H groups in total. The number of likely N-dealkylation sites (tertiary alicyclic amines) is 1. The molecular formula is C33H40F3N2O5+. The second kappa shape index (κ2) is 10.3. The lowest BCUT2D eigenvalue weighted by molar-refractivity contribution is -0.948. The van der Waals surface area contributed by atoms with Gasteiger partial charge < -0.3 is 24.4 Å². The van der Waals surface area contributed by atoms with E-state index in [-0.39, 0.29) is 29.4 Å². The Balaban J connectivity index is 1.45. The maximum Gasteiger partial charge on any atom is 0.421 e. The number of alkyl halides is 3. The molecule has 0 radical (unpaired) electrons. The molecule has 1 saturated carbocycles. The van der Waals surface area contributed by atoms with Crippen LogP contribution in [0.2, 0.25) is 0 Å². The molecule has 2 bridgehead atoms. The van der Waals surface area contributed by atoms with Gasteiger partial charge in [0.2, 0.25) is 0 Å². The summed E-state index contributed by atoms with van der Waals surface area (Å²) < 4.78 is 55.8. The average Bonchev–Trinajstić information content (AvgIpc) is 3.25. The minimum absolute atomic E-state index is 0.0952. The summed E-state index contributed by atoms with van der Waals surface area (Å²) in [6, 6.07) is 7.97. The van der Waals surface area contributed by atoms with Crippen LogP contribution in [0.15, 0.2) is 58.9 Å². The van der Waals surface area contributed by atoms with Crippen molar-refractivity contribution in [1.29, 1.82) is 0 Å². The number of nitrogens with zero attached hydrogens (tertiary/aromatic N) is 1. The van der Waals surface area contributed by atoms with Crippen molar-refractivity contribution in [2.45, 2.75) is 83.0 Å². The van der Waals surface area contributed by atoms with Crippen molar-refractivity contribution < 1.29 is 41.8 Å². The highest BCUT2D eigenvalue weighted by Gasteiger charge is 2.71. The van der Waals surface area contributed by atoms with Crippen LogP contribution in [0.5, 0.6) is 0 Å². The van der Waals surface area contributed by atoms with Gasteiger partial charge in [0.05, 0.1) is 32.3 Å². The summed E-state index contributed by atoms with van der Waals surface area (Å²) in [4.78, 5) is 25.7. The van der Waals surface area contributed by atoms with E-state index >= 15 is 0 Å². The number of nitrogens with one attached hydrogen (secondary N) is 1. The van der Waals surface area contributed by atoms with E-state index in [9.17, 15) is 27.9 Å². The van der Waals surface area contributed by atoms with Gasteiger partial charge in [-0.25, -0.2) is 0 Å². The number of hydrogen-bond donors (Lipinski definition) is 2. The highest BCUT2D eigenvalue weighted by atomic mass is 19.4.